The van der Waals surface area contributed by atoms with E-state index < -0.39 is 11.5 Å². The molecule has 21 heavy (non-hydrogen) atoms. The summed E-state index contributed by atoms with van der Waals surface area (Å²) < 4.78 is 0. The molecule has 4 nitrogen and oxygen atoms in total. The molecule has 2 saturated carbocycles. The van der Waals surface area contributed by atoms with Crippen molar-refractivity contribution in [1.82, 2.24) is 10.2 Å². The number of nitrogens with one attached hydrogen (secondary N) is 1. The van der Waals surface area contributed by atoms with Crippen LogP contribution in [0.15, 0.2) is 0 Å². The van der Waals surface area contributed by atoms with E-state index >= 15 is 0 Å². The molecule has 0 aromatic rings. The molecule has 0 saturated heterocycles. The van der Waals surface area contributed by atoms with Crippen molar-refractivity contribution in [2.24, 2.45) is 11.8 Å². The first-order valence-corrected chi connectivity index (χ1v) is 8.63. The summed E-state index contributed by atoms with van der Waals surface area (Å²) in [5.74, 6) is 0.498. The van der Waals surface area contributed by atoms with Gasteiger partial charge in [0.05, 0.1) is 0 Å². The number of hydrogen-bond acceptors (Lipinski definition) is 3. The van der Waals surface area contributed by atoms with Gasteiger partial charge in [-0.2, -0.15) is 0 Å². The molecule has 0 spiro atoms. The Hall–Kier alpha value is -0.610. The third-order valence-electron chi connectivity index (χ3n) is 5.40. The Balaban J connectivity index is 1.88. The standard InChI is InChI=1S/C17H32N2O2/c1-13(2)18-17(16(20)21)10-5-8-15(17)9-11-19(3)12-14-6-4-7-14/h13-15,18H,4-12H2,1-3H3,(H,20,21). The molecular weight excluding hydrogens is 264 g/mol. The first-order chi connectivity index (χ1) is 9.94. The van der Waals surface area contributed by atoms with Gasteiger partial charge in [0.1, 0.15) is 5.54 Å². The molecule has 4 heteroatoms. The summed E-state index contributed by atoms with van der Waals surface area (Å²) in [5, 5.41) is 13.1. The zero-order chi connectivity index (χ0) is 15.5. The molecular formula is C17H32N2O2. The number of carbonyl (C=O) groups is 1. The van der Waals surface area contributed by atoms with E-state index in [4.69, 9.17) is 0 Å². The average Bonchev–Trinajstić information content (AvgIpc) is 2.74. The highest BCUT2D eigenvalue weighted by Crippen LogP contribution is 2.39. The summed E-state index contributed by atoms with van der Waals surface area (Å²) in [6.45, 7) is 6.30. The fourth-order valence-electron chi connectivity index (χ4n) is 4.10. The summed E-state index contributed by atoms with van der Waals surface area (Å²) in [6, 6.07) is 0.217. The minimum Gasteiger partial charge on any atom is -0.480 e. The largest absolute Gasteiger partial charge is 0.480 e. The second-order valence-corrected chi connectivity index (χ2v) is 7.51. The van der Waals surface area contributed by atoms with Gasteiger partial charge < -0.3 is 10.0 Å². The molecule has 0 aromatic carbocycles. The van der Waals surface area contributed by atoms with Gasteiger partial charge in [-0.15, -0.1) is 0 Å². The number of rotatable bonds is 8. The van der Waals surface area contributed by atoms with Crippen molar-refractivity contribution in [3.8, 4) is 0 Å². The molecule has 2 unspecified atom stereocenters. The Kier molecular flexibility index (Phi) is 5.67. The molecule has 0 heterocycles. The van der Waals surface area contributed by atoms with E-state index in [0.717, 1.165) is 38.1 Å². The van der Waals surface area contributed by atoms with Gasteiger partial charge in [-0.1, -0.05) is 12.8 Å². The summed E-state index contributed by atoms with van der Waals surface area (Å²) in [6.07, 6.45) is 7.99. The minimum absolute atomic E-state index is 0.217. The molecule has 0 aromatic heterocycles. The van der Waals surface area contributed by atoms with Crippen LogP contribution in [0.4, 0.5) is 0 Å². The monoisotopic (exact) mass is 296 g/mol. The van der Waals surface area contributed by atoms with Gasteiger partial charge in [0.15, 0.2) is 0 Å². The topological polar surface area (TPSA) is 52.6 Å². The van der Waals surface area contributed by atoms with Crippen molar-refractivity contribution < 1.29 is 9.90 Å². The van der Waals surface area contributed by atoms with E-state index in [-0.39, 0.29) is 12.0 Å². The second-order valence-electron chi connectivity index (χ2n) is 7.51. The van der Waals surface area contributed by atoms with Gasteiger partial charge in [-0.05, 0) is 71.4 Å². The maximum atomic E-state index is 11.9. The van der Waals surface area contributed by atoms with Gasteiger partial charge in [-0.25, -0.2) is 0 Å². The van der Waals surface area contributed by atoms with Crippen LogP contribution in [-0.4, -0.2) is 47.7 Å². The molecule has 2 aliphatic carbocycles. The van der Waals surface area contributed by atoms with Crippen molar-refractivity contribution in [3.05, 3.63) is 0 Å². The predicted octanol–water partition coefficient (Wildman–Crippen LogP) is 2.73. The van der Waals surface area contributed by atoms with Gasteiger partial charge in [0, 0.05) is 12.6 Å². The first-order valence-electron chi connectivity index (χ1n) is 8.63. The molecule has 122 valence electrons. The molecule has 2 fully saturated rings. The zero-order valence-corrected chi connectivity index (χ0v) is 13.9. The quantitative estimate of drug-likeness (QED) is 0.723. The van der Waals surface area contributed by atoms with Crippen LogP contribution < -0.4 is 5.32 Å². The average molecular weight is 296 g/mol. The van der Waals surface area contributed by atoms with Crippen molar-refractivity contribution in [3.63, 3.8) is 0 Å². The van der Waals surface area contributed by atoms with E-state index in [1.54, 1.807) is 0 Å². The highest BCUT2D eigenvalue weighted by atomic mass is 16.4. The third kappa shape index (κ3) is 3.98. The Morgan fingerprint density at radius 1 is 1.33 bits per heavy atom. The highest BCUT2D eigenvalue weighted by molar-refractivity contribution is 5.79. The van der Waals surface area contributed by atoms with Crippen LogP contribution in [0.25, 0.3) is 0 Å². The summed E-state index contributed by atoms with van der Waals surface area (Å²) in [7, 11) is 2.19. The van der Waals surface area contributed by atoms with Crippen LogP contribution in [0.2, 0.25) is 0 Å². The lowest BCUT2D eigenvalue weighted by atomic mass is 9.83. The van der Waals surface area contributed by atoms with Crippen molar-refractivity contribution >= 4 is 5.97 Å². The lowest BCUT2D eigenvalue weighted by Crippen LogP contribution is -2.57. The van der Waals surface area contributed by atoms with Gasteiger partial charge >= 0.3 is 5.97 Å². The normalized spacial score (nSPS) is 30.0. The Labute approximate surface area is 129 Å². The summed E-state index contributed by atoms with van der Waals surface area (Å²) in [5.41, 5.74) is -0.689. The number of aliphatic carboxylic acids is 1. The lowest BCUT2D eigenvalue weighted by Gasteiger charge is -2.36. The van der Waals surface area contributed by atoms with Crippen LogP contribution in [0.5, 0.6) is 0 Å². The van der Waals surface area contributed by atoms with Crippen LogP contribution in [0.1, 0.15) is 58.8 Å². The smallest absolute Gasteiger partial charge is 0.324 e. The van der Waals surface area contributed by atoms with Gasteiger partial charge in [-0.3, -0.25) is 10.1 Å². The van der Waals surface area contributed by atoms with E-state index in [9.17, 15) is 9.90 Å². The highest BCUT2D eigenvalue weighted by Gasteiger charge is 2.49. The SMILES string of the molecule is CC(C)NC1(C(=O)O)CCCC1CCN(C)CC1CCC1. The van der Waals surface area contributed by atoms with Crippen molar-refractivity contribution in [1.29, 1.82) is 0 Å². The molecule has 2 rings (SSSR count). The Morgan fingerprint density at radius 2 is 2.05 bits per heavy atom. The van der Waals surface area contributed by atoms with E-state index in [1.165, 1.54) is 25.8 Å². The van der Waals surface area contributed by atoms with Crippen LogP contribution in [-0.2, 0) is 4.79 Å². The molecule has 0 amide bonds. The van der Waals surface area contributed by atoms with Crippen LogP contribution >= 0.6 is 0 Å². The molecule has 0 radical (unpaired) electrons. The predicted molar refractivity (Wildman–Crippen MR) is 85.4 cm³/mol. The molecule has 2 aliphatic rings. The number of carboxylic acids is 1. The van der Waals surface area contributed by atoms with Gasteiger partial charge in [0.25, 0.3) is 0 Å². The maximum absolute atomic E-state index is 11.9. The molecule has 2 atom stereocenters. The lowest BCUT2D eigenvalue weighted by molar-refractivity contribution is -0.147. The third-order valence-corrected chi connectivity index (χ3v) is 5.40. The number of hydrogen-bond donors (Lipinski definition) is 2. The Morgan fingerprint density at radius 3 is 2.57 bits per heavy atom. The van der Waals surface area contributed by atoms with E-state index in [0.29, 0.717) is 0 Å². The summed E-state index contributed by atoms with van der Waals surface area (Å²) >= 11 is 0. The summed E-state index contributed by atoms with van der Waals surface area (Å²) in [4.78, 5) is 14.3. The Bertz CT molecular complexity index is 355. The molecule has 2 N–H and O–H groups in total. The second kappa shape index (κ2) is 7.10. The molecule has 0 bridgehead atoms. The number of nitrogens with zero attached hydrogens (tertiary/aromatic N) is 1. The first kappa shape index (κ1) is 16.8. The fourth-order valence-corrected chi connectivity index (χ4v) is 4.10. The fraction of sp³-hybridized carbons (Fsp3) is 0.941. The number of carboxylic acid groups (broad SMARTS) is 1. The van der Waals surface area contributed by atoms with Crippen molar-refractivity contribution in [2.75, 3.05) is 20.1 Å². The molecule has 0 aliphatic heterocycles. The zero-order valence-electron chi connectivity index (χ0n) is 13.9. The van der Waals surface area contributed by atoms with E-state index in [2.05, 4.69) is 17.3 Å². The van der Waals surface area contributed by atoms with Crippen molar-refractivity contribution in [2.45, 2.75) is 70.4 Å². The van der Waals surface area contributed by atoms with Gasteiger partial charge in [0.2, 0.25) is 0 Å². The van der Waals surface area contributed by atoms with Crippen LogP contribution in [0.3, 0.4) is 0 Å². The van der Waals surface area contributed by atoms with E-state index in [1.807, 2.05) is 13.8 Å². The maximum Gasteiger partial charge on any atom is 0.324 e. The minimum atomic E-state index is -0.689. The van der Waals surface area contributed by atoms with Crippen LogP contribution in [0, 0.1) is 11.8 Å².